The van der Waals surface area contributed by atoms with Crippen LogP contribution in [0.2, 0.25) is 0 Å². The monoisotopic (exact) mass is 554 g/mol. The molecule has 5 rings (SSSR count). The van der Waals surface area contributed by atoms with Gasteiger partial charge in [0.1, 0.15) is 16.5 Å². The average molecular weight is 555 g/mol. The van der Waals surface area contributed by atoms with E-state index in [1.807, 2.05) is 69.3 Å². The molecule has 0 saturated heterocycles. The van der Waals surface area contributed by atoms with Gasteiger partial charge in [0.15, 0.2) is 5.76 Å². The molecule has 0 aliphatic carbocycles. The van der Waals surface area contributed by atoms with Crippen molar-refractivity contribution < 1.29 is 24.2 Å². The van der Waals surface area contributed by atoms with Crippen molar-refractivity contribution in [2.45, 2.75) is 39.8 Å². The van der Waals surface area contributed by atoms with E-state index in [9.17, 15) is 14.7 Å². The number of anilines is 1. The third-order valence-electron chi connectivity index (χ3n) is 6.43. The molecule has 1 amide bonds. The quantitative estimate of drug-likeness (QED) is 0.222. The van der Waals surface area contributed by atoms with Crippen LogP contribution in [0.15, 0.2) is 90.2 Å². The molecule has 1 unspecified atom stereocenters. The molecule has 8 heteroatoms. The third kappa shape index (κ3) is 5.22. The first kappa shape index (κ1) is 27.1. The van der Waals surface area contributed by atoms with Gasteiger partial charge in [0.25, 0.3) is 5.91 Å². The molecule has 0 fully saturated rings. The highest BCUT2D eigenvalue weighted by atomic mass is 32.1. The van der Waals surface area contributed by atoms with Crippen LogP contribution in [0.25, 0.3) is 10.6 Å². The molecule has 0 bridgehead atoms. The number of hydrogen-bond acceptors (Lipinski definition) is 7. The van der Waals surface area contributed by atoms with Crippen LogP contribution in [-0.2, 0) is 4.79 Å². The predicted molar refractivity (Wildman–Crippen MR) is 156 cm³/mol. The number of amides is 1. The van der Waals surface area contributed by atoms with Gasteiger partial charge in [0.05, 0.1) is 34.9 Å². The van der Waals surface area contributed by atoms with Crippen molar-refractivity contribution in [3.05, 3.63) is 106 Å². The van der Waals surface area contributed by atoms with E-state index in [0.717, 1.165) is 5.56 Å². The molecule has 1 aliphatic rings. The Morgan fingerprint density at radius 3 is 2.48 bits per heavy atom. The number of ketones is 1. The summed E-state index contributed by atoms with van der Waals surface area (Å²) in [7, 11) is 0. The molecule has 7 nitrogen and oxygen atoms in total. The van der Waals surface area contributed by atoms with Crippen LogP contribution in [0.4, 0.5) is 5.69 Å². The van der Waals surface area contributed by atoms with Crippen molar-refractivity contribution in [3.63, 3.8) is 0 Å². The summed E-state index contributed by atoms with van der Waals surface area (Å²) in [6.45, 7) is 7.95. The van der Waals surface area contributed by atoms with E-state index in [1.165, 1.54) is 16.2 Å². The minimum Gasteiger partial charge on any atom is -0.503 e. The Labute approximate surface area is 237 Å². The van der Waals surface area contributed by atoms with E-state index < -0.39 is 23.5 Å². The fourth-order valence-corrected chi connectivity index (χ4v) is 5.80. The van der Waals surface area contributed by atoms with Crippen LogP contribution in [0.1, 0.15) is 47.7 Å². The largest absolute Gasteiger partial charge is 0.503 e. The number of aliphatic hydroxyl groups is 1. The molecule has 2 heterocycles. The van der Waals surface area contributed by atoms with Gasteiger partial charge in [-0.3, -0.25) is 14.5 Å². The van der Waals surface area contributed by atoms with E-state index in [2.05, 4.69) is 4.98 Å². The van der Waals surface area contributed by atoms with Gasteiger partial charge in [-0.1, -0.05) is 48.5 Å². The normalized spacial score (nSPS) is 15.2. The summed E-state index contributed by atoms with van der Waals surface area (Å²) in [6, 6.07) is 23.0. The number of carbonyl (C=O) groups is 2. The standard InChI is InChI=1S/C32H30N2O5S/c1-5-38-24-15-10-14-23(18-24)34-27(22-13-9-16-25(17-22)39-19(2)3)26(29(36)32(34)37)28(35)30-20(4)33-31(40-30)21-11-7-6-8-12-21/h6-19,27,36H,5H2,1-4H3. The molecule has 4 aromatic rings. The van der Waals surface area contributed by atoms with E-state index in [1.54, 1.807) is 37.3 Å². The molecule has 3 aromatic carbocycles. The number of ether oxygens (including phenoxy) is 2. The molecule has 1 aliphatic heterocycles. The van der Waals surface area contributed by atoms with Gasteiger partial charge in [-0.25, -0.2) is 4.98 Å². The highest BCUT2D eigenvalue weighted by Crippen LogP contribution is 2.44. The summed E-state index contributed by atoms with van der Waals surface area (Å²) in [5.74, 6) is -0.509. The van der Waals surface area contributed by atoms with Gasteiger partial charge in [-0.15, -0.1) is 11.3 Å². The van der Waals surface area contributed by atoms with Crippen LogP contribution in [0, 0.1) is 6.92 Å². The topological polar surface area (TPSA) is 89.0 Å². The Morgan fingerprint density at radius 1 is 1.02 bits per heavy atom. The van der Waals surface area contributed by atoms with E-state index in [4.69, 9.17) is 9.47 Å². The zero-order valence-corrected chi connectivity index (χ0v) is 23.6. The molecular formula is C32H30N2O5S. The van der Waals surface area contributed by atoms with Crippen molar-refractivity contribution in [3.8, 4) is 22.1 Å². The van der Waals surface area contributed by atoms with Crippen LogP contribution in [-0.4, -0.2) is 34.5 Å². The van der Waals surface area contributed by atoms with Gasteiger partial charge in [-0.05, 0) is 57.5 Å². The predicted octanol–water partition coefficient (Wildman–Crippen LogP) is 7.09. The number of carbonyl (C=O) groups excluding carboxylic acids is 2. The molecule has 0 spiro atoms. The van der Waals surface area contributed by atoms with Crippen molar-refractivity contribution in [1.29, 1.82) is 0 Å². The lowest BCUT2D eigenvalue weighted by Gasteiger charge is -2.27. The number of hydrogen-bond donors (Lipinski definition) is 1. The minimum absolute atomic E-state index is 0.000119. The molecule has 1 aromatic heterocycles. The maximum atomic E-state index is 14.2. The minimum atomic E-state index is -0.894. The second-order valence-electron chi connectivity index (χ2n) is 9.64. The first-order valence-corrected chi connectivity index (χ1v) is 13.9. The van der Waals surface area contributed by atoms with Crippen molar-refractivity contribution in [2.75, 3.05) is 11.5 Å². The summed E-state index contributed by atoms with van der Waals surface area (Å²) in [6.07, 6.45) is -0.0688. The van der Waals surface area contributed by atoms with Gasteiger partial charge in [-0.2, -0.15) is 0 Å². The summed E-state index contributed by atoms with van der Waals surface area (Å²) in [5.41, 5.74) is 2.55. The number of aryl methyl sites for hydroxylation is 1. The van der Waals surface area contributed by atoms with Gasteiger partial charge >= 0.3 is 0 Å². The molecule has 1 atom stereocenters. The summed E-state index contributed by atoms with van der Waals surface area (Å²) in [4.78, 5) is 34.3. The first-order chi connectivity index (χ1) is 19.3. The number of rotatable bonds is 9. The lowest BCUT2D eigenvalue weighted by atomic mass is 9.94. The van der Waals surface area contributed by atoms with Crippen molar-refractivity contribution in [1.82, 2.24) is 4.98 Å². The van der Waals surface area contributed by atoms with Gasteiger partial charge < -0.3 is 14.6 Å². The van der Waals surface area contributed by atoms with Crippen LogP contribution in [0.3, 0.4) is 0 Å². The van der Waals surface area contributed by atoms with Crippen molar-refractivity contribution >= 4 is 28.7 Å². The van der Waals surface area contributed by atoms with E-state index >= 15 is 0 Å². The van der Waals surface area contributed by atoms with E-state index in [0.29, 0.717) is 44.9 Å². The Bertz CT molecular complexity index is 1590. The van der Waals surface area contributed by atoms with Gasteiger partial charge in [0, 0.05) is 17.3 Å². The van der Waals surface area contributed by atoms with Crippen molar-refractivity contribution in [2.24, 2.45) is 0 Å². The second-order valence-corrected chi connectivity index (χ2v) is 10.6. The Morgan fingerprint density at radius 2 is 1.75 bits per heavy atom. The lowest BCUT2D eigenvalue weighted by molar-refractivity contribution is -0.117. The highest BCUT2D eigenvalue weighted by molar-refractivity contribution is 7.17. The maximum Gasteiger partial charge on any atom is 0.294 e. The molecule has 0 radical (unpaired) electrons. The highest BCUT2D eigenvalue weighted by Gasteiger charge is 2.45. The fourth-order valence-electron chi connectivity index (χ4n) is 4.77. The number of nitrogens with zero attached hydrogens (tertiary/aromatic N) is 2. The number of thiazole rings is 1. The number of benzene rings is 3. The van der Waals surface area contributed by atoms with E-state index in [-0.39, 0.29) is 11.7 Å². The number of aromatic nitrogens is 1. The molecular weight excluding hydrogens is 524 g/mol. The van der Waals surface area contributed by atoms with Gasteiger partial charge in [0.2, 0.25) is 5.78 Å². The Balaban J connectivity index is 1.63. The third-order valence-corrected chi connectivity index (χ3v) is 7.63. The zero-order valence-electron chi connectivity index (χ0n) is 22.8. The summed E-state index contributed by atoms with van der Waals surface area (Å²) < 4.78 is 11.6. The average Bonchev–Trinajstić information content (AvgIpc) is 3.46. The zero-order chi connectivity index (χ0) is 28.4. The molecule has 0 saturated carbocycles. The number of aliphatic hydroxyl groups excluding tert-OH is 1. The van der Waals surface area contributed by atoms with Crippen LogP contribution < -0.4 is 14.4 Å². The maximum absolute atomic E-state index is 14.2. The molecule has 40 heavy (non-hydrogen) atoms. The Hall–Kier alpha value is -4.43. The smallest absolute Gasteiger partial charge is 0.294 e. The first-order valence-electron chi connectivity index (χ1n) is 13.1. The SMILES string of the molecule is CCOc1cccc(N2C(=O)C(O)=C(C(=O)c3sc(-c4ccccc4)nc3C)C2c2cccc(OC(C)C)c2)c1. The molecule has 1 N–H and O–H groups in total. The second kappa shape index (κ2) is 11.4. The summed E-state index contributed by atoms with van der Waals surface area (Å²) >= 11 is 1.25. The number of Topliss-reactive ketones (excluding diaryl/α,β-unsaturated/α-hetero) is 1. The molecule has 204 valence electrons. The van der Waals surface area contributed by atoms with Crippen LogP contribution in [0.5, 0.6) is 11.5 Å². The summed E-state index contributed by atoms with van der Waals surface area (Å²) in [5, 5.41) is 11.9. The Kier molecular flexibility index (Phi) is 7.71. The lowest BCUT2D eigenvalue weighted by Crippen LogP contribution is -2.31. The van der Waals surface area contributed by atoms with Crippen LogP contribution >= 0.6 is 11.3 Å². The fraction of sp³-hybridized carbons (Fsp3) is 0.219.